The van der Waals surface area contributed by atoms with Crippen molar-refractivity contribution in [1.29, 1.82) is 0 Å². The van der Waals surface area contributed by atoms with E-state index in [2.05, 4.69) is 10.5 Å². The van der Waals surface area contributed by atoms with E-state index in [1.54, 1.807) is 47.8 Å². The van der Waals surface area contributed by atoms with E-state index in [0.717, 1.165) is 22.1 Å². The second-order valence-electron chi connectivity index (χ2n) is 7.15. The number of hydrogen-bond acceptors (Lipinski definition) is 6. The Balaban J connectivity index is 1.45. The molecule has 2 amide bonds. The molecule has 0 spiro atoms. The number of carbonyl (C=O) groups excluding carboxylic acids is 2. The Morgan fingerprint density at radius 3 is 2.77 bits per heavy atom. The molecule has 7 nitrogen and oxygen atoms in total. The summed E-state index contributed by atoms with van der Waals surface area (Å²) in [5, 5.41) is 7.23. The predicted molar refractivity (Wildman–Crippen MR) is 121 cm³/mol. The van der Waals surface area contributed by atoms with Crippen LogP contribution in [0.25, 0.3) is 10.1 Å². The monoisotopic (exact) mass is 437 g/mol. The van der Waals surface area contributed by atoms with Gasteiger partial charge in [-0.05, 0) is 37.1 Å². The van der Waals surface area contributed by atoms with Crippen molar-refractivity contribution in [1.82, 2.24) is 10.3 Å². The fourth-order valence-corrected chi connectivity index (χ4v) is 4.67. The van der Waals surface area contributed by atoms with E-state index >= 15 is 0 Å². The topological polar surface area (TPSA) is 80.2 Å². The summed E-state index contributed by atoms with van der Waals surface area (Å²) in [5.41, 5.74) is 4.00. The van der Waals surface area contributed by atoms with Crippen LogP contribution in [0.1, 0.15) is 28.8 Å². The number of nitrogens with zero attached hydrogens (tertiary/aromatic N) is 2. The molecule has 1 saturated heterocycles. The van der Waals surface area contributed by atoms with Gasteiger partial charge in [-0.3, -0.25) is 9.59 Å². The van der Waals surface area contributed by atoms with Gasteiger partial charge in [-0.25, -0.2) is 5.43 Å². The summed E-state index contributed by atoms with van der Waals surface area (Å²) in [6, 6.07) is 12.5. The zero-order chi connectivity index (χ0) is 21.8. The molecule has 4 rings (SSSR count). The average Bonchev–Trinajstić information content (AvgIpc) is 3.46. The highest BCUT2D eigenvalue weighted by atomic mass is 32.1. The maximum Gasteiger partial charge on any atom is 0.262 e. The molecule has 1 aliphatic rings. The van der Waals surface area contributed by atoms with Gasteiger partial charge in [0, 0.05) is 33.1 Å². The van der Waals surface area contributed by atoms with Gasteiger partial charge in [0.15, 0.2) is 11.5 Å². The highest BCUT2D eigenvalue weighted by molar-refractivity contribution is 7.17. The molecule has 0 aliphatic carbocycles. The quantitative estimate of drug-likeness (QED) is 0.471. The number of ether oxygens (including phenoxy) is 2. The highest BCUT2D eigenvalue weighted by Crippen LogP contribution is 2.29. The van der Waals surface area contributed by atoms with E-state index in [-0.39, 0.29) is 11.8 Å². The standard InChI is InChI=1S/C23H23N3O4S/c1-29-19-10-9-15(12-20(19)30-2)23(28)26-11-5-7-18(26)22(27)25-24-13-16-14-31-21-8-4-3-6-17(16)21/h3-4,6,8-10,12-14,18H,5,7,11H2,1-2H3,(H,25,27). The fraction of sp³-hybridized carbons (Fsp3) is 0.261. The van der Waals surface area contributed by atoms with Gasteiger partial charge in [0.2, 0.25) is 0 Å². The minimum atomic E-state index is -0.558. The molecule has 1 atom stereocenters. The summed E-state index contributed by atoms with van der Waals surface area (Å²) in [7, 11) is 3.06. The Bertz CT molecular complexity index is 1140. The van der Waals surface area contributed by atoms with Crippen LogP contribution in [0.3, 0.4) is 0 Å². The Morgan fingerprint density at radius 1 is 1.16 bits per heavy atom. The maximum atomic E-state index is 13.0. The SMILES string of the molecule is COc1ccc(C(=O)N2CCCC2C(=O)NN=Cc2csc3ccccc23)cc1OC. The summed E-state index contributed by atoms with van der Waals surface area (Å²) >= 11 is 1.63. The largest absolute Gasteiger partial charge is 0.493 e. The van der Waals surface area contributed by atoms with Gasteiger partial charge in [0.1, 0.15) is 6.04 Å². The van der Waals surface area contributed by atoms with Crippen molar-refractivity contribution in [2.45, 2.75) is 18.9 Å². The third-order valence-electron chi connectivity index (χ3n) is 5.34. The lowest BCUT2D eigenvalue weighted by Crippen LogP contribution is -2.44. The zero-order valence-corrected chi connectivity index (χ0v) is 18.1. The van der Waals surface area contributed by atoms with Gasteiger partial charge >= 0.3 is 0 Å². The summed E-state index contributed by atoms with van der Waals surface area (Å²) in [4.78, 5) is 27.4. The van der Waals surface area contributed by atoms with E-state index in [9.17, 15) is 9.59 Å². The molecule has 8 heteroatoms. The van der Waals surface area contributed by atoms with Gasteiger partial charge < -0.3 is 14.4 Å². The number of methoxy groups -OCH3 is 2. The number of benzene rings is 2. The molecule has 1 fully saturated rings. The molecule has 1 unspecified atom stereocenters. The lowest BCUT2D eigenvalue weighted by molar-refractivity contribution is -0.124. The van der Waals surface area contributed by atoms with Crippen LogP contribution in [0.5, 0.6) is 11.5 Å². The summed E-state index contributed by atoms with van der Waals surface area (Å²) in [6.07, 6.45) is 3.00. The van der Waals surface area contributed by atoms with E-state index in [1.807, 2.05) is 29.6 Å². The first-order valence-corrected chi connectivity index (χ1v) is 10.8. The van der Waals surface area contributed by atoms with E-state index in [0.29, 0.717) is 30.0 Å². The number of hydrazone groups is 1. The van der Waals surface area contributed by atoms with Gasteiger partial charge in [-0.2, -0.15) is 5.10 Å². The first kappa shape index (κ1) is 20.9. The average molecular weight is 438 g/mol. The molecule has 2 heterocycles. The Morgan fingerprint density at radius 2 is 1.97 bits per heavy atom. The van der Waals surface area contributed by atoms with Crippen LogP contribution in [-0.4, -0.2) is 49.7 Å². The Kier molecular flexibility index (Phi) is 6.18. The molecule has 3 aromatic rings. The number of hydrogen-bond donors (Lipinski definition) is 1. The van der Waals surface area contributed by atoms with Crippen LogP contribution in [-0.2, 0) is 4.79 Å². The second kappa shape index (κ2) is 9.18. The number of rotatable bonds is 6. The van der Waals surface area contributed by atoms with Crippen LogP contribution in [0, 0.1) is 0 Å². The Labute approximate surface area is 184 Å². The number of thiophene rings is 1. The molecule has 1 N–H and O–H groups in total. The second-order valence-corrected chi connectivity index (χ2v) is 8.06. The summed E-state index contributed by atoms with van der Waals surface area (Å²) in [5.74, 6) is 0.514. The van der Waals surface area contributed by atoms with Gasteiger partial charge in [0.25, 0.3) is 11.8 Å². The third kappa shape index (κ3) is 4.25. The number of carbonyl (C=O) groups is 2. The highest BCUT2D eigenvalue weighted by Gasteiger charge is 2.34. The molecule has 1 aliphatic heterocycles. The van der Waals surface area contributed by atoms with Crippen molar-refractivity contribution in [2.75, 3.05) is 20.8 Å². The minimum Gasteiger partial charge on any atom is -0.493 e. The maximum absolute atomic E-state index is 13.0. The van der Waals surface area contributed by atoms with E-state index in [1.165, 1.54) is 7.11 Å². The van der Waals surface area contributed by atoms with Crippen molar-refractivity contribution in [3.8, 4) is 11.5 Å². The van der Waals surface area contributed by atoms with Crippen molar-refractivity contribution >= 4 is 39.5 Å². The number of nitrogens with one attached hydrogen (secondary N) is 1. The molecule has 0 bridgehead atoms. The van der Waals surface area contributed by atoms with Crippen LogP contribution in [0.4, 0.5) is 0 Å². The number of amides is 2. The third-order valence-corrected chi connectivity index (χ3v) is 6.32. The van der Waals surface area contributed by atoms with Gasteiger partial charge in [-0.1, -0.05) is 18.2 Å². The molecule has 2 aromatic carbocycles. The van der Waals surface area contributed by atoms with Gasteiger partial charge in [-0.15, -0.1) is 11.3 Å². The zero-order valence-electron chi connectivity index (χ0n) is 17.3. The predicted octanol–water partition coefficient (Wildman–Crippen LogP) is 3.67. The number of fused-ring (bicyclic) bond motifs is 1. The smallest absolute Gasteiger partial charge is 0.262 e. The Hall–Kier alpha value is -3.39. The molecule has 0 radical (unpaired) electrons. The fourth-order valence-electron chi connectivity index (χ4n) is 3.76. The van der Waals surface area contributed by atoms with Crippen molar-refractivity contribution in [3.05, 3.63) is 59.0 Å². The van der Waals surface area contributed by atoms with Crippen molar-refractivity contribution in [3.63, 3.8) is 0 Å². The molecule has 160 valence electrons. The number of likely N-dealkylation sites (tertiary alicyclic amines) is 1. The lowest BCUT2D eigenvalue weighted by Gasteiger charge is -2.23. The molecule has 1 aromatic heterocycles. The summed E-state index contributed by atoms with van der Waals surface area (Å²) in [6.45, 7) is 0.518. The van der Waals surface area contributed by atoms with Crippen LogP contribution >= 0.6 is 11.3 Å². The van der Waals surface area contributed by atoms with Crippen LogP contribution in [0.15, 0.2) is 52.9 Å². The van der Waals surface area contributed by atoms with Crippen LogP contribution in [0.2, 0.25) is 0 Å². The minimum absolute atomic E-state index is 0.216. The van der Waals surface area contributed by atoms with Crippen LogP contribution < -0.4 is 14.9 Å². The van der Waals surface area contributed by atoms with Crippen molar-refractivity contribution in [2.24, 2.45) is 5.10 Å². The molecule has 31 heavy (non-hydrogen) atoms. The molecular weight excluding hydrogens is 414 g/mol. The lowest BCUT2D eigenvalue weighted by atomic mass is 10.1. The van der Waals surface area contributed by atoms with E-state index < -0.39 is 6.04 Å². The van der Waals surface area contributed by atoms with Gasteiger partial charge in [0.05, 0.1) is 20.4 Å². The first-order chi connectivity index (χ1) is 15.1. The molecule has 0 saturated carbocycles. The normalized spacial score (nSPS) is 16.1. The first-order valence-electron chi connectivity index (χ1n) is 9.94. The van der Waals surface area contributed by atoms with E-state index in [4.69, 9.17) is 9.47 Å². The van der Waals surface area contributed by atoms with Crippen molar-refractivity contribution < 1.29 is 19.1 Å². The summed E-state index contributed by atoms with van der Waals surface area (Å²) < 4.78 is 11.7. The molecular formula is C23H23N3O4S.